The van der Waals surface area contributed by atoms with Gasteiger partial charge in [0.2, 0.25) is 5.91 Å². The standard InChI is InChI=1S/C20H19ClN4O/c21-18-6-2-1-5-17(18)20(19(22)26,12-16-4-3-9-24-13-16)25-14-15-7-10-23-11-8-15/h1-11,13,25H,12,14H2,(H2,22,26). The summed E-state index contributed by atoms with van der Waals surface area (Å²) in [7, 11) is 0. The van der Waals surface area contributed by atoms with Crippen LogP contribution in [-0.2, 0) is 23.3 Å². The van der Waals surface area contributed by atoms with Gasteiger partial charge in [0.25, 0.3) is 0 Å². The Bertz CT molecular complexity index is 873. The molecule has 3 rings (SSSR count). The molecule has 0 aliphatic heterocycles. The maximum Gasteiger partial charge on any atom is 0.242 e. The molecule has 2 aromatic heterocycles. The average molecular weight is 367 g/mol. The molecule has 3 aromatic rings. The highest BCUT2D eigenvalue weighted by molar-refractivity contribution is 6.31. The van der Waals surface area contributed by atoms with Crippen LogP contribution in [0.15, 0.2) is 73.3 Å². The number of nitrogens with zero attached hydrogens (tertiary/aromatic N) is 2. The highest BCUT2D eigenvalue weighted by Gasteiger charge is 2.40. The monoisotopic (exact) mass is 366 g/mol. The van der Waals surface area contributed by atoms with Crippen molar-refractivity contribution >= 4 is 17.5 Å². The van der Waals surface area contributed by atoms with E-state index in [2.05, 4.69) is 15.3 Å². The molecule has 0 aliphatic carbocycles. The number of halogens is 1. The Labute approximate surface area is 157 Å². The number of carbonyl (C=O) groups excluding carboxylic acids is 1. The highest BCUT2D eigenvalue weighted by Crippen LogP contribution is 2.32. The van der Waals surface area contributed by atoms with E-state index >= 15 is 0 Å². The van der Waals surface area contributed by atoms with Crippen molar-refractivity contribution in [2.45, 2.75) is 18.5 Å². The fraction of sp³-hybridized carbons (Fsp3) is 0.150. The lowest BCUT2D eigenvalue weighted by Crippen LogP contribution is -2.54. The number of nitrogens with one attached hydrogen (secondary N) is 1. The predicted molar refractivity (Wildman–Crippen MR) is 101 cm³/mol. The Kier molecular flexibility index (Phi) is 5.61. The predicted octanol–water partition coefficient (Wildman–Crippen LogP) is 2.84. The van der Waals surface area contributed by atoms with Gasteiger partial charge in [0, 0.05) is 48.3 Å². The summed E-state index contributed by atoms with van der Waals surface area (Å²) in [5.74, 6) is -0.497. The molecule has 1 atom stereocenters. The van der Waals surface area contributed by atoms with Crippen LogP contribution in [0.25, 0.3) is 0 Å². The van der Waals surface area contributed by atoms with Crippen LogP contribution in [-0.4, -0.2) is 15.9 Å². The number of hydrogen-bond acceptors (Lipinski definition) is 4. The first-order chi connectivity index (χ1) is 12.6. The summed E-state index contributed by atoms with van der Waals surface area (Å²) < 4.78 is 0. The van der Waals surface area contributed by atoms with E-state index in [9.17, 15) is 4.79 Å². The number of rotatable bonds is 7. The van der Waals surface area contributed by atoms with Gasteiger partial charge in [-0.1, -0.05) is 35.9 Å². The maximum absolute atomic E-state index is 12.7. The Morgan fingerprint density at radius 1 is 1.00 bits per heavy atom. The number of amides is 1. The van der Waals surface area contributed by atoms with Crippen LogP contribution in [0.1, 0.15) is 16.7 Å². The Balaban J connectivity index is 2.03. The van der Waals surface area contributed by atoms with Crippen molar-refractivity contribution in [3.63, 3.8) is 0 Å². The first-order valence-corrected chi connectivity index (χ1v) is 8.57. The average Bonchev–Trinajstić information content (AvgIpc) is 2.67. The van der Waals surface area contributed by atoms with Crippen LogP contribution < -0.4 is 11.1 Å². The minimum absolute atomic E-state index is 0.338. The second kappa shape index (κ2) is 8.08. The normalized spacial score (nSPS) is 13.1. The highest BCUT2D eigenvalue weighted by atomic mass is 35.5. The number of primary amides is 1. The summed E-state index contributed by atoms with van der Waals surface area (Å²) in [6, 6.07) is 14.8. The Morgan fingerprint density at radius 3 is 2.42 bits per heavy atom. The third kappa shape index (κ3) is 3.90. The minimum Gasteiger partial charge on any atom is -0.368 e. The molecular formula is C20H19ClN4O. The molecule has 3 N–H and O–H groups in total. The molecule has 0 spiro atoms. The summed E-state index contributed by atoms with van der Waals surface area (Å²) in [4.78, 5) is 20.8. The zero-order valence-electron chi connectivity index (χ0n) is 14.1. The second-order valence-corrected chi connectivity index (χ2v) is 6.40. The lowest BCUT2D eigenvalue weighted by molar-refractivity contribution is -0.125. The molecule has 1 aromatic carbocycles. The zero-order valence-corrected chi connectivity index (χ0v) is 14.9. The zero-order chi connectivity index (χ0) is 18.4. The molecule has 6 heteroatoms. The van der Waals surface area contributed by atoms with Crippen LogP contribution in [0.2, 0.25) is 5.02 Å². The van der Waals surface area contributed by atoms with E-state index < -0.39 is 11.4 Å². The summed E-state index contributed by atoms with van der Waals surface area (Å²) in [6.45, 7) is 0.441. The fourth-order valence-electron chi connectivity index (χ4n) is 2.93. The van der Waals surface area contributed by atoms with E-state index in [1.807, 2.05) is 42.5 Å². The van der Waals surface area contributed by atoms with Crippen molar-refractivity contribution in [2.24, 2.45) is 5.73 Å². The van der Waals surface area contributed by atoms with Crippen LogP contribution >= 0.6 is 11.6 Å². The molecule has 0 radical (unpaired) electrons. The van der Waals surface area contributed by atoms with Crippen LogP contribution in [0, 0.1) is 0 Å². The van der Waals surface area contributed by atoms with Gasteiger partial charge in [-0.05, 0) is 35.4 Å². The Hall–Kier alpha value is -2.76. The molecule has 1 amide bonds. The van der Waals surface area contributed by atoms with Gasteiger partial charge in [0.15, 0.2) is 0 Å². The molecule has 0 fully saturated rings. The smallest absolute Gasteiger partial charge is 0.242 e. The SMILES string of the molecule is NC(=O)C(Cc1cccnc1)(NCc1ccncc1)c1ccccc1Cl. The minimum atomic E-state index is -1.16. The molecule has 0 bridgehead atoms. The maximum atomic E-state index is 12.7. The summed E-state index contributed by atoms with van der Waals surface area (Å²) >= 11 is 6.43. The van der Waals surface area contributed by atoms with E-state index in [1.165, 1.54) is 0 Å². The summed E-state index contributed by atoms with van der Waals surface area (Å²) in [6.07, 6.45) is 7.17. The molecule has 0 aliphatic rings. The lowest BCUT2D eigenvalue weighted by Gasteiger charge is -2.33. The van der Waals surface area contributed by atoms with Crippen LogP contribution in [0.5, 0.6) is 0 Å². The van der Waals surface area contributed by atoms with Crippen molar-refractivity contribution in [1.82, 2.24) is 15.3 Å². The van der Waals surface area contributed by atoms with E-state index in [4.69, 9.17) is 17.3 Å². The van der Waals surface area contributed by atoms with Crippen molar-refractivity contribution in [3.05, 3.63) is 95.0 Å². The third-order valence-electron chi connectivity index (χ3n) is 4.29. The first-order valence-electron chi connectivity index (χ1n) is 8.19. The first kappa shape index (κ1) is 18.0. The molecule has 26 heavy (non-hydrogen) atoms. The Morgan fingerprint density at radius 2 is 1.77 bits per heavy atom. The van der Waals surface area contributed by atoms with Gasteiger partial charge >= 0.3 is 0 Å². The molecule has 2 heterocycles. The van der Waals surface area contributed by atoms with Gasteiger partial charge in [0.1, 0.15) is 5.54 Å². The number of nitrogens with two attached hydrogens (primary N) is 1. The van der Waals surface area contributed by atoms with Crippen molar-refractivity contribution in [2.75, 3.05) is 0 Å². The number of carbonyl (C=O) groups is 1. The van der Waals surface area contributed by atoms with Gasteiger partial charge in [0.05, 0.1) is 0 Å². The van der Waals surface area contributed by atoms with Gasteiger partial charge < -0.3 is 5.73 Å². The quantitative estimate of drug-likeness (QED) is 0.673. The largest absolute Gasteiger partial charge is 0.368 e. The molecule has 1 unspecified atom stereocenters. The van der Waals surface area contributed by atoms with E-state index in [0.717, 1.165) is 11.1 Å². The molecule has 0 saturated carbocycles. The number of hydrogen-bond donors (Lipinski definition) is 2. The fourth-order valence-corrected chi connectivity index (χ4v) is 3.23. The third-order valence-corrected chi connectivity index (χ3v) is 4.62. The van der Waals surface area contributed by atoms with Crippen molar-refractivity contribution in [1.29, 1.82) is 0 Å². The lowest BCUT2D eigenvalue weighted by atomic mass is 9.83. The van der Waals surface area contributed by atoms with Crippen molar-refractivity contribution in [3.8, 4) is 0 Å². The molecular weight excluding hydrogens is 348 g/mol. The topological polar surface area (TPSA) is 80.9 Å². The van der Waals surface area contributed by atoms with E-state index in [1.54, 1.807) is 30.9 Å². The van der Waals surface area contributed by atoms with E-state index in [0.29, 0.717) is 23.6 Å². The number of benzene rings is 1. The number of aromatic nitrogens is 2. The molecule has 5 nitrogen and oxygen atoms in total. The summed E-state index contributed by atoms with van der Waals surface area (Å²) in [5.41, 5.74) is 7.25. The van der Waals surface area contributed by atoms with Crippen LogP contribution in [0.3, 0.4) is 0 Å². The molecule has 0 saturated heterocycles. The van der Waals surface area contributed by atoms with Gasteiger partial charge in [-0.3, -0.25) is 20.1 Å². The van der Waals surface area contributed by atoms with Gasteiger partial charge in [-0.25, -0.2) is 0 Å². The van der Waals surface area contributed by atoms with Crippen LogP contribution in [0.4, 0.5) is 0 Å². The number of pyridine rings is 2. The van der Waals surface area contributed by atoms with Gasteiger partial charge in [-0.15, -0.1) is 0 Å². The van der Waals surface area contributed by atoms with Crippen molar-refractivity contribution < 1.29 is 4.79 Å². The molecule has 132 valence electrons. The second-order valence-electron chi connectivity index (χ2n) is 6.00. The van der Waals surface area contributed by atoms with E-state index in [-0.39, 0.29) is 0 Å². The summed E-state index contributed by atoms with van der Waals surface area (Å²) in [5, 5.41) is 3.82. The van der Waals surface area contributed by atoms with Gasteiger partial charge in [-0.2, -0.15) is 0 Å².